The Labute approximate surface area is 218 Å². The highest BCUT2D eigenvalue weighted by molar-refractivity contribution is 7.52. The molecule has 2 saturated heterocycles. The summed E-state index contributed by atoms with van der Waals surface area (Å²) < 4.78 is 57.4. The monoisotopic (exact) mass is 554 g/mol. The van der Waals surface area contributed by atoms with Gasteiger partial charge >= 0.3 is 19.7 Å². The number of benzene rings is 1. The Bertz CT molecular complexity index is 1160. The number of carbonyl (C=O) groups excluding carboxylic acids is 4. The zero-order valence-corrected chi connectivity index (χ0v) is 21.6. The third kappa shape index (κ3) is 6.29. The molecule has 1 amide bonds. The number of ketones is 1. The first kappa shape index (κ1) is 27.9. The first-order valence-electron chi connectivity index (χ1n) is 12.0. The molecule has 38 heavy (non-hydrogen) atoms. The van der Waals surface area contributed by atoms with Crippen molar-refractivity contribution in [3.8, 4) is 5.75 Å². The summed E-state index contributed by atoms with van der Waals surface area (Å²) in [5.74, 6) is -2.55. The second-order valence-corrected chi connectivity index (χ2v) is 10.9. The van der Waals surface area contributed by atoms with E-state index < -0.39 is 74.5 Å². The van der Waals surface area contributed by atoms with Crippen molar-refractivity contribution in [2.24, 2.45) is 0 Å². The second kappa shape index (κ2) is 11.3. The largest absolute Gasteiger partial charge is 0.465 e. The van der Waals surface area contributed by atoms with E-state index in [4.69, 9.17) is 23.3 Å². The van der Waals surface area contributed by atoms with Crippen molar-refractivity contribution in [2.75, 3.05) is 13.2 Å². The molecule has 3 aliphatic heterocycles. The van der Waals surface area contributed by atoms with E-state index in [-0.39, 0.29) is 25.2 Å². The average Bonchev–Trinajstić information content (AvgIpc) is 3.10. The van der Waals surface area contributed by atoms with Gasteiger partial charge in [-0.05, 0) is 38.5 Å². The number of carbonyl (C=O) groups is 4. The lowest BCUT2D eigenvalue weighted by molar-refractivity contribution is -0.160. The molecule has 1 aromatic rings. The van der Waals surface area contributed by atoms with E-state index in [0.29, 0.717) is 0 Å². The van der Waals surface area contributed by atoms with Crippen LogP contribution >= 0.6 is 7.75 Å². The number of allylic oxidation sites excluding steroid dienone is 1. The topological polar surface area (TPSA) is 147 Å². The Morgan fingerprint density at radius 1 is 1.18 bits per heavy atom. The van der Waals surface area contributed by atoms with Gasteiger partial charge in [0.05, 0.1) is 19.6 Å². The first-order chi connectivity index (χ1) is 18.0. The molecule has 0 bridgehead atoms. The molecule has 0 aliphatic carbocycles. The van der Waals surface area contributed by atoms with E-state index in [0.717, 1.165) is 24.1 Å². The number of hydrogen-bond donors (Lipinski definition) is 1. The molecule has 1 N–H and O–H groups in total. The Morgan fingerprint density at radius 2 is 1.92 bits per heavy atom. The van der Waals surface area contributed by atoms with Crippen molar-refractivity contribution in [1.29, 1.82) is 0 Å². The van der Waals surface area contributed by atoms with Crippen LogP contribution in [0, 0.1) is 0 Å². The third-order valence-corrected chi connectivity index (χ3v) is 7.72. The summed E-state index contributed by atoms with van der Waals surface area (Å²) in [6, 6.07) is 6.87. The fourth-order valence-electron chi connectivity index (χ4n) is 4.17. The Hall–Kier alpha value is -3.12. The number of cyclic esters (lactones) is 1. The van der Waals surface area contributed by atoms with Crippen LogP contribution in [0.3, 0.4) is 0 Å². The van der Waals surface area contributed by atoms with Crippen LogP contribution in [0.1, 0.15) is 33.1 Å². The molecular weight excluding hydrogens is 526 g/mol. The highest BCUT2D eigenvalue weighted by atomic mass is 31.2. The number of esters is 2. The third-order valence-electron chi connectivity index (χ3n) is 6.08. The van der Waals surface area contributed by atoms with Crippen molar-refractivity contribution >= 4 is 31.4 Å². The predicted molar refractivity (Wildman–Crippen MR) is 127 cm³/mol. The van der Waals surface area contributed by atoms with Crippen LogP contribution in [0.15, 0.2) is 42.6 Å². The van der Waals surface area contributed by atoms with Crippen LogP contribution in [0.5, 0.6) is 5.75 Å². The summed E-state index contributed by atoms with van der Waals surface area (Å²) in [5.41, 5.74) is -2.45. The van der Waals surface area contributed by atoms with E-state index >= 15 is 4.39 Å². The van der Waals surface area contributed by atoms with Crippen molar-refractivity contribution in [3.05, 3.63) is 42.6 Å². The molecule has 3 heterocycles. The smallest absolute Gasteiger partial charge is 0.459 e. The Morgan fingerprint density at radius 3 is 2.63 bits per heavy atom. The molecule has 3 aliphatic rings. The normalized spacial score (nSPS) is 35.2. The van der Waals surface area contributed by atoms with Crippen LogP contribution < -0.4 is 9.61 Å². The van der Waals surface area contributed by atoms with E-state index in [9.17, 15) is 23.7 Å². The molecule has 0 aromatic heterocycles. The van der Waals surface area contributed by atoms with Crippen molar-refractivity contribution in [3.63, 3.8) is 0 Å². The van der Waals surface area contributed by atoms with Crippen molar-refractivity contribution in [1.82, 2.24) is 9.99 Å². The molecule has 1 aromatic carbocycles. The summed E-state index contributed by atoms with van der Waals surface area (Å²) in [5, 5.41) is 2.51. The zero-order valence-electron chi connectivity index (χ0n) is 20.7. The van der Waals surface area contributed by atoms with Crippen LogP contribution in [0.25, 0.3) is 0 Å². The summed E-state index contributed by atoms with van der Waals surface area (Å²) >= 11 is 0. The summed E-state index contributed by atoms with van der Waals surface area (Å²) in [6.07, 6.45) is -2.84. The van der Waals surface area contributed by atoms with Gasteiger partial charge in [-0.15, -0.1) is 0 Å². The van der Waals surface area contributed by atoms with E-state index in [2.05, 4.69) is 5.09 Å². The fourth-order valence-corrected chi connectivity index (χ4v) is 5.67. The molecule has 206 valence electrons. The Balaban J connectivity index is 1.64. The van der Waals surface area contributed by atoms with Crippen LogP contribution in [0.2, 0.25) is 0 Å². The van der Waals surface area contributed by atoms with E-state index in [1.165, 1.54) is 19.1 Å². The molecule has 0 saturated carbocycles. The molecular formula is C24H28FN2O10P. The molecule has 2 fully saturated rings. The number of nitrogens with one attached hydrogen (secondary N) is 1. The SMILES string of the molecule is C[C@@H]1N[P@](=O)(Oc2ccccc2)OC[C@H]2O[C@@H](N3C=CC(=O)CC3=O)[C@](C)(F)[C@@H]2OC(=O)CCCOC1=O. The standard InChI is InChI=1S/C24H28FN2O10P/c1-15-22(31)33-12-6-9-20(30)36-21-18(14-34-38(32,26-15)37-17-7-4-3-5-8-17)35-23(24(21,2)25)27-11-10-16(28)13-19(27)29/h3-5,7-8,10-11,15,18,21,23H,6,9,12-14H2,1-2H3,(H,26,32)/t15-,18+,21+,23+,24+,38+/m0/s1. The van der Waals surface area contributed by atoms with E-state index in [1.807, 2.05) is 0 Å². The maximum absolute atomic E-state index is 16.2. The minimum Gasteiger partial charge on any atom is -0.465 e. The fraction of sp³-hybridized carbons (Fsp3) is 0.500. The van der Waals surface area contributed by atoms with Crippen LogP contribution in [-0.2, 0) is 42.5 Å². The van der Waals surface area contributed by atoms with Gasteiger partial charge in [-0.1, -0.05) is 18.2 Å². The highest BCUT2D eigenvalue weighted by Crippen LogP contribution is 2.47. The lowest BCUT2D eigenvalue weighted by atomic mass is 9.97. The number of rotatable bonds is 3. The number of halogens is 1. The van der Waals surface area contributed by atoms with Gasteiger partial charge in [0.1, 0.15) is 17.9 Å². The quantitative estimate of drug-likeness (QED) is 0.333. The number of hydrogen-bond acceptors (Lipinski definition) is 10. The van der Waals surface area contributed by atoms with E-state index in [1.54, 1.807) is 18.2 Å². The molecule has 0 radical (unpaired) electrons. The van der Waals surface area contributed by atoms with Gasteiger partial charge < -0.3 is 18.7 Å². The first-order valence-corrected chi connectivity index (χ1v) is 13.5. The molecule has 0 unspecified atom stereocenters. The molecule has 14 heteroatoms. The lowest BCUT2D eigenvalue weighted by Crippen LogP contribution is -2.52. The maximum Gasteiger partial charge on any atom is 0.459 e. The average molecular weight is 554 g/mol. The summed E-state index contributed by atoms with van der Waals surface area (Å²) in [4.78, 5) is 49.9. The van der Waals surface area contributed by atoms with Gasteiger partial charge in [0.2, 0.25) is 5.91 Å². The zero-order chi connectivity index (χ0) is 27.5. The minimum atomic E-state index is -4.32. The van der Waals surface area contributed by atoms with Gasteiger partial charge in [0, 0.05) is 12.6 Å². The highest BCUT2D eigenvalue weighted by Gasteiger charge is 2.60. The second-order valence-electron chi connectivity index (χ2n) is 9.17. The van der Waals surface area contributed by atoms with Crippen molar-refractivity contribution < 1.29 is 51.4 Å². The number of fused-ring (bicyclic) bond motifs is 1. The molecule has 12 nitrogen and oxygen atoms in total. The number of amides is 1. The summed E-state index contributed by atoms with van der Waals surface area (Å²) in [6.45, 7) is 1.73. The predicted octanol–water partition coefficient (Wildman–Crippen LogP) is 2.19. The Kier molecular flexibility index (Phi) is 8.31. The number of ether oxygens (including phenoxy) is 3. The number of para-hydroxylation sites is 1. The molecule has 0 spiro atoms. The van der Waals surface area contributed by atoms with Gasteiger partial charge in [-0.25, -0.2) is 8.96 Å². The number of nitrogens with zero attached hydrogens (tertiary/aromatic N) is 1. The lowest BCUT2D eigenvalue weighted by Gasteiger charge is -2.33. The summed E-state index contributed by atoms with van der Waals surface area (Å²) in [7, 11) is -4.32. The van der Waals surface area contributed by atoms with Gasteiger partial charge in [0.25, 0.3) is 0 Å². The van der Waals surface area contributed by atoms with Crippen LogP contribution in [0.4, 0.5) is 4.39 Å². The van der Waals surface area contributed by atoms with Crippen LogP contribution in [-0.4, -0.2) is 71.9 Å². The molecule has 6 atom stereocenters. The number of alkyl halides is 1. The maximum atomic E-state index is 16.2. The van der Waals surface area contributed by atoms with Crippen molar-refractivity contribution in [2.45, 2.75) is 63.3 Å². The van der Waals surface area contributed by atoms with Gasteiger partial charge in [-0.2, -0.15) is 5.09 Å². The van der Waals surface area contributed by atoms with Gasteiger partial charge in [-0.3, -0.25) is 28.6 Å². The molecule has 4 rings (SSSR count). The minimum absolute atomic E-state index is 0.0894. The van der Waals surface area contributed by atoms with Gasteiger partial charge in [0.15, 0.2) is 23.8 Å².